The third kappa shape index (κ3) is 4.50. The van der Waals surface area contributed by atoms with Crippen molar-refractivity contribution in [3.63, 3.8) is 0 Å². The Kier molecular flexibility index (Phi) is 5.68. The van der Waals surface area contributed by atoms with E-state index in [2.05, 4.69) is 12.2 Å². The molecule has 0 aromatic heterocycles. The lowest BCUT2D eigenvalue weighted by Gasteiger charge is -2.15. The van der Waals surface area contributed by atoms with Gasteiger partial charge >= 0.3 is 0 Å². The molecule has 3 nitrogen and oxygen atoms in total. The summed E-state index contributed by atoms with van der Waals surface area (Å²) < 4.78 is 5.02. The summed E-state index contributed by atoms with van der Waals surface area (Å²) in [5.41, 5.74) is 7.20. The van der Waals surface area contributed by atoms with Crippen LogP contribution in [0.25, 0.3) is 0 Å². The van der Waals surface area contributed by atoms with Gasteiger partial charge in [0.15, 0.2) is 0 Å². The van der Waals surface area contributed by atoms with Crippen LogP contribution >= 0.6 is 23.8 Å². The fraction of sp³-hybridized carbons (Fsp3) is 0.417. The normalized spacial score (nSPS) is 12.2. The van der Waals surface area contributed by atoms with Crippen LogP contribution in [0, 0.1) is 0 Å². The first kappa shape index (κ1) is 14.2. The van der Waals surface area contributed by atoms with Crippen LogP contribution in [-0.4, -0.2) is 24.7 Å². The number of rotatable bonds is 6. The second kappa shape index (κ2) is 6.79. The Labute approximate surface area is 112 Å². The molecule has 1 aromatic rings. The zero-order valence-electron chi connectivity index (χ0n) is 10.00. The zero-order valence-corrected chi connectivity index (χ0v) is 11.6. The largest absolute Gasteiger partial charge is 0.389 e. The molecule has 0 spiro atoms. The highest BCUT2D eigenvalue weighted by Gasteiger charge is 2.06. The number of nitrogens with one attached hydrogen (secondary N) is 1. The van der Waals surface area contributed by atoms with Crippen molar-refractivity contribution in [2.75, 3.05) is 19.0 Å². The third-order valence-electron chi connectivity index (χ3n) is 2.40. The number of halogens is 1. The lowest BCUT2D eigenvalue weighted by molar-refractivity contribution is 0.191. The van der Waals surface area contributed by atoms with E-state index in [0.29, 0.717) is 21.6 Å². The number of anilines is 1. The van der Waals surface area contributed by atoms with Gasteiger partial charge in [0, 0.05) is 31.0 Å². The summed E-state index contributed by atoms with van der Waals surface area (Å²) in [5.74, 6) is 0. The van der Waals surface area contributed by atoms with Crippen LogP contribution in [-0.2, 0) is 4.74 Å². The molecule has 3 N–H and O–H groups in total. The Morgan fingerprint density at radius 3 is 2.82 bits per heavy atom. The van der Waals surface area contributed by atoms with Crippen molar-refractivity contribution in [2.24, 2.45) is 5.73 Å². The summed E-state index contributed by atoms with van der Waals surface area (Å²) in [5, 5.41) is 3.91. The first-order valence-electron chi connectivity index (χ1n) is 5.39. The predicted molar refractivity (Wildman–Crippen MR) is 76.9 cm³/mol. The van der Waals surface area contributed by atoms with E-state index < -0.39 is 0 Å². The minimum atomic E-state index is 0.314. The van der Waals surface area contributed by atoms with E-state index in [4.69, 9.17) is 34.3 Å². The monoisotopic (exact) mass is 272 g/mol. The van der Waals surface area contributed by atoms with E-state index in [1.54, 1.807) is 7.11 Å². The standard InChI is InChI=1S/C12H17ClN2OS/c1-8(5-6-16-2)15-9-3-4-10(12(14)17)11(13)7-9/h3-4,7-8,15H,5-6H2,1-2H3,(H2,14,17). The van der Waals surface area contributed by atoms with E-state index in [1.807, 2.05) is 18.2 Å². The van der Waals surface area contributed by atoms with Crippen molar-refractivity contribution in [1.82, 2.24) is 0 Å². The van der Waals surface area contributed by atoms with Crippen LogP contribution in [0.5, 0.6) is 0 Å². The number of hydrogen-bond acceptors (Lipinski definition) is 3. The van der Waals surface area contributed by atoms with Gasteiger partial charge in [-0.15, -0.1) is 0 Å². The van der Waals surface area contributed by atoms with Crippen molar-refractivity contribution in [3.05, 3.63) is 28.8 Å². The summed E-state index contributed by atoms with van der Waals surface area (Å²) in [6.45, 7) is 2.82. The lowest BCUT2D eigenvalue weighted by atomic mass is 10.2. The Balaban J connectivity index is 2.67. The van der Waals surface area contributed by atoms with Crippen LogP contribution in [0.15, 0.2) is 18.2 Å². The second-order valence-electron chi connectivity index (χ2n) is 3.89. The molecule has 0 bridgehead atoms. The first-order valence-corrected chi connectivity index (χ1v) is 6.18. The first-order chi connectivity index (χ1) is 8.04. The molecule has 0 fully saturated rings. The average Bonchev–Trinajstić information content (AvgIpc) is 2.26. The van der Waals surface area contributed by atoms with E-state index in [1.165, 1.54) is 0 Å². The van der Waals surface area contributed by atoms with Gasteiger partial charge in [0.05, 0.1) is 5.02 Å². The van der Waals surface area contributed by atoms with Crippen molar-refractivity contribution < 1.29 is 4.74 Å². The highest BCUT2D eigenvalue weighted by Crippen LogP contribution is 2.21. The SMILES string of the molecule is COCCC(C)Nc1ccc(C(N)=S)c(Cl)c1. The van der Waals surface area contributed by atoms with Gasteiger partial charge in [-0.2, -0.15) is 0 Å². The molecular formula is C12H17ClN2OS. The van der Waals surface area contributed by atoms with Gasteiger partial charge in [0.2, 0.25) is 0 Å². The molecule has 0 heterocycles. The number of benzene rings is 1. The molecule has 0 saturated carbocycles. The summed E-state index contributed by atoms with van der Waals surface area (Å²) in [6.07, 6.45) is 0.936. The maximum absolute atomic E-state index is 6.08. The fourth-order valence-electron chi connectivity index (χ4n) is 1.46. The Bertz CT molecular complexity index is 398. The molecule has 1 unspecified atom stereocenters. The smallest absolute Gasteiger partial charge is 0.105 e. The molecule has 0 aliphatic carbocycles. The average molecular weight is 273 g/mol. The maximum Gasteiger partial charge on any atom is 0.105 e. The number of thiocarbonyl (C=S) groups is 1. The van der Waals surface area contributed by atoms with E-state index in [9.17, 15) is 0 Å². The number of methoxy groups -OCH3 is 1. The quantitative estimate of drug-likeness (QED) is 0.782. The van der Waals surface area contributed by atoms with Crippen LogP contribution in [0.2, 0.25) is 5.02 Å². The van der Waals surface area contributed by atoms with Gasteiger partial charge < -0.3 is 15.8 Å². The Hall–Kier alpha value is -0.840. The summed E-state index contributed by atoms with van der Waals surface area (Å²) in [4.78, 5) is 0.314. The van der Waals surface area contributed by atoms with E-state index in [0.717, 1.165) is 18.7 Å². The van der Waals surface area contributed by atoms with Crippen molar-refractivity contribution in [2.45, 2.75) is 19.4 Å². The second-order valence-corrected chi connectivity index (χ2v) is 4.73. The predicted octanol–water partition coefficient (Wildman–Crippen LogP) is 2.81. The molecule has 1 rings (SSSR count). The Morgan fingerprint density at radius 2 is 2.29 bits per heavy atom. The molecule has 1 aromatic carbocycles. The fourth-order valence-corrected chi connectivity index (χ4v) is 1.97. The number of hydrogen-bond donors (Lipinski definition) is 2. The summed E-state index contributed by atoms with van der Waals surface area (Å²) >= 11 is 11.0. The van der Waals surface area contributed by atoms with Crippen molar-refractivity contribution in [3.8, 4) is 0 Å². The van der Waals surface area contributed by atoms with Crippen LogP contribution < -0.4 is 11.1 Å². The molecule has 5 heteroatoms. The molecule has 0 aliphatic rings. The summed E-state index contributed by atoms with van der Waals surface area (Å²) in [7, 11) is 1.70. The van der Waals surface area contributed by atoms with Crippen LogP contribution in [0.4, 0.5) is 5.69 Å². The van der Waals surface area contributed by atoms with Crippen LogP contribution in [0.3, 0.4) is 0 Å². The zero-order chi connectivity index (χ0) is 12.8. The highest BCUT2D eigenvalue weighted by molar-refractivity contribution is 7.80. The molecule has 0 radical (unpaired) electrons. The topological polar surface area (TPSA) is 47.3 Å². The molecule has 17 heavy (non-hydrogen) atoms. The van der Waals surface area contributed by atoms with Gasteiger partial charge in [0.1, 0.15) is 4.99 Å². The lowest BCUT2D eigenvalue weighted by Crippen LogP contribution is -2.17. The summed E-state index contributed by atoms with van der Waals surface area (Å²) in [6, 6.07) is 5.90. The van der Waals surface area contributed by atoms with Crippen molar-refractivity contribution in [1.29, 1.82) is 0 Å². The maximum atomic E-state index is 6.08. The van der Waals surface area contributed by atoms with Gasteiger partial charge in [-0.3, -0.25) is 0 Å². The number of nitrogens with two attached hydrogens (primary N) is 1. The van der Waals surface area contributed by atoms with Gasteiger partial charge in [-0.1, -0.05) is 23.8 Å². The van der Waals surface area contributed by atoms with Crippen LogP contribution in [0.1, 0.15) is 18.9 Å². The Morgan fingerprint density at radius 1 is 1.59 bits per heavy atom. The van der Waals surface area contributed by atoms with Gasteiger partial charge in [-0.05, 0) is 31.5 Å². The molecule has 94 valence electrons. The van der Waals surface area contributed by atoms with E-state index in [-0.39, 0.29) is 0 Å². The third-order valence-corrected chi connectivity index (χ3v) is 2.94. The molecule has 1 atom stereocenters. The number of ether oxygens (including phenoxy) is 1. The van der Waals surface area contributed by atoms with Gasteiger partial charge in [0.25, 0.3) is 0 Å². The molecule has 0 amide bonds. The molecule has 0 saturated heterocycles. The van der Waals surface area contributed by atoms with Gasteiger partial charge in [-0.25, -0.2) is 0 Å². The molecular weight excluding hydrogens is 256 g/mol. The van der Waals surface area contributed by atoms with E-state index >= 15 is 0 Å². The minimum Gasteiger partial charge on any atom is -0.389 e. The molecule has 0 aliphatic heterocycles. The minimum absolute atomic E-state index is 0.314. The van der Waals surface area contributed by atoms with Crippen molar-refractivity contribution >= 4 is 34.5 Å². The highest BCUT2D eigenvalue weighted by atomic mass is 35.5.